The van der Waals surface area contributed by atoms with E-state index in [-0.39, 0.29) is 4.47 Å². The molecule has 0 aliphatic rings. The molecule has 0 N–H and O–H groups in total. The molecule has 0 saturated heterocycles. The molecule has 1 aromatic heterocycles. The van der Waals surface area contributed by atoms with Crippen LogP contribution in [0.3, 0.4) is 0 Å². The normalized spacial score (nSPS) is 19.1. The van der Waals surface area contributed by atoms with E-state index in [0.717, 1.165) is 0 Å². The summed E-state index contributed by atoms with van der Waals surface area (Å²) in [4.78, 5) is 3.07. The van der Waals surface area contributed by atoms with E-state index in [1.807, 2.05) is 0 Å². The summed E-state index contributed by atoms with van der Waals surface area (Å²) >= 11 is 2.70. The van der Waals surface area contributed by atoms with Gasteiger partial charge in [-0.15, -0.1) is 0 Å². The Morgan fingerprint density at radius 1 is 2.00 bits per heavy atom. The first-order valence-corrected chi connectivity index (χ1v) is 2.87. The van der Waals surface area contributed by atoms with Crippen LogP contribution in [-0.2, 0) is 0 Å². The van der Waals surface area contributed by atoms with Gasteiger partial charge in [0.15, 0.2) is 0 Å². The van der Waals surface area contributed by atoms with E-state index in [4.69, 9.17) is 6.85 Å². The smallest absolute Gasteiger partial charge is 0.227 e. The second kappa shape index (κ2) is 2.43. The van der Waals surface area contributed by atoms with Crippen molar-refractivity contribution < 1.29 is 11.2 Å². The van der Waals surface area contributed by atoms with Crippen LogP contribution in [0.25, 0.3) is 0 Å². The molecule has 1 aromatic rings. The van der Waals surface area contributed by atoms with Crippen molar-refractivity contribution in [1.82, 2.24) is 4.98 Å². The van der Waals surface area contributed by atoms with E-state index >= 15 is 0 Å². The third-order valence-corrected chi connectivity index (χ3v) is 1.21. The first kappa shape index (κ1) is 2.66. The minimum absolute atomic E-state index is 0.334. The minimum Gasteiger partial charge on any atom is -0.227 e. The summed E-state index contributed by atoms with van der Waals surface area (Å²) in [6.45, 7) is -2.63. The molecule has 0 atom stereocenters. The predicted octanol–water partition coefficient (Wildman–Crippen LogP) is 2.29. The maximum absolute atomic E-state index is 12.8. The van der Waals surface area contributed by atoms with Crippen LogP contribution in [0.15, 0.2) is 16.7 Å². The molecule has 0 saturated carbocycles. The van der Waals surface area contributed by atoms with Gasteiger partial charge in [-0.3, -0.25) is 0 Å². The molecule has 0 spiro atoms. The van der Waals surface area contributed by atoms with Crippen molar-refractivity contribution in [2.45, 2.75) is 6.85 Å². The molecule has 0 aliphatic heterocycles. The molecule has 0 aromatic carbocycles. The molecule has 0 bridgehead atoms. The largest absolute Gasteiger partial charge is 0.227 e. The highest BCUT2D eigenvalue weighted by atomic mass is 79.9. The van der Waals surface area contributed by atoms with Crippen LogP contribution in [0, 0.1) is 12.8 Å². The zero-order valence-electron chi connectivity index (χ0n) is 9.20. The Hall–Kier alpha value is -0.440. The van der Waals surface area contributed by atoms with Crippen molar-refractivity contribution in [3.63, 3.8) is 0 Å². The lowest BCUT2D eigenvalue weighted by molar-refractivity contribution is 0.576. The maximum Gasteiger partial charge on any atom is 0.227 e. The Balaban J connectivity index is 3.53. The topological polar surface area (TPSA) is 12.9 Å². The fourth-order valence-corrected chi connectivity index (χ4v) is 0.630. The quantitative estimate of drug-likeness (QED) is 0.578. The highest BCUT2D eigenvalue weighted by Crippen LogP contribution is 2.12. The summed E-state index contributed by atoms with van der Waals surface area (Å²) in [6, 6.07) is -0.553. The average molecular weight is 195 g/mol. The van der Waals surface area contributed by atoms with E-state index in [1.165, 1.54) is 0 Å². The molecule has 9 heavy (non-hydrogen) atoms. The monoisotopic (exact) mass is 194 g/mol. The van der Waals surface area contributed by atoms with Gasteiger partial charge in [0.05, 0.1) is 7.21 Å². The Morgan fingerprint density at radius 3 is 3.44 bits per heavy atom. The van der Waals surface area contributed by atoms with Gasteiger partial charge in [0, 0.05) is 10.3 Å². The van der Waals surface area contributed by atoms with Gasteiger partial charge < -0.3 is 0 Å². The van der Waals surface area contributed by atoms with Crippen LogP contribution in [0.2, 0.25) is 0 Å². The standard InChI is InChI=1S/C6H5BrFN/c1-4-2-5(7)6(8)9-3-4/h2-3H,1H3/i1D3,2D,3D. The summed E-state index contributed by atoms with van der Waals surface area (Å²) in [7, 11) is 0. The van der Waals surface area contributed by atoms with Gasteiger partial charge in [-0.05, 0) is 34.4 Å². The van der Waals surface area contributed by atoms with E-state index in [9.17, 15) is 4.39 Å². The number of pyridine rings is 1. The fraction of sp³-hybridized carbons (Fsp3) is 0.167. The molecule has 0 amide bonds. The first-order valence-electron chi connectivity index (χ1n) is 4.58. The van der Waals surface area contributed by atoms with E-state index in [0.29, 0.717) is 0 Å². The van der Waals surface area contributed by atoms with Gasteiger partial charge in [-0.25, -0.2) is 4.98 Å². The van der Waals surface area contributed by atoms with Gasteiger partial charge in [-0.2, -0.15) is 4.39 Å². The zero-order chi connectivity index (χ0) is 11.1. The van der Waals surface area contributed by atoms with Crippen LogP contribution in [0.4, 0.5) is 4.39 Å². The molecule has 3 heteroatoms. The summed E-state index contributed by atoms with van der Waals surface area (Å²) in [6.07, 6.45) is -0.726. The Kier molecular flexibility index (Phi) is 0.720. The highest BCUT2D eigenvalue weighted by Gasteiger charge is 1.96. The third-order valence-electron chi connectivity index (χ3n) is 0.682. The lowest BCUT2D eigenvalue weighted by Gasteiger charge is -1.92. The van der Waals surface area contributed by atoms with Crippen LogP contribution in [0.1, 0.15) is 12.4 Å². The molecule has 48 valence electrons. The van der Waals surface area contributed by atoms with Crippen molar-refractivity contribution in [2.75, 3.05) is 0 Å². The lowest BCUT2D eigenvalue weighted by Crippen LogP contribution is -1.83. The minimum atomic E-state index is -2.63. The number of rotatable bonds is 0. The number of hydrogen-bond acceptors (Lipinski definition) is 1. The summed E-state index contributed by atoms with van der Waals surface area (Å²) in [5.74, 6) is -1.05. The molecule has 0 unspecified atom stereocenters. The van der Waals surface area contributed by atoms with E-state index in [2.05, 4.69) is 20.9 Å². The van der Waals surface area contributed by atoms with Crippen LogP contribution < -0.4 is 0 Å². The molecule has 1 nitrogen and oxygen atoms in total. The fourth-order valence-electron chi connectivity index (χ4n) is 0.343. The number of hydrogen-bond donors (Lipinski definition) is 0. The molecular weight excluding hydrogens is 185 g/mol. The molecule has 0 aliphatic carbocycles. The van der Waals surface area contributed by atoms with Gasteiger partial charge in [0.1, 0.15) is 0 Å². The Morgan fingerprint density at radius 2 is 2.78 bits per heavy atom. The van der Waals surface area contributed by atoms with Gasteiger partial charge in [0.25, 0.3) is 0 Å². The van der Waals surface area contributed by atoms with Gasteiger partial charge in [-0.1, -0.05) is 0 Å². The van der Waals surface area contributed by atoms with Crippen LogP contribution in [0.5, 0.6) is 0 Å². The first-order chi connectivity index (χ1) is 6.25. The number of halogens is 2. The van der Waals surface area contributed by atoms with Gasteiger partial charge >= 0.3 is 0 Å². The number of nitrogens with zero attached hydrogens (tertiary/aromatic N) is 1. The number of aromatic nitrogens is 1. The predicted molar refractivity (Wildman–Crippen MR) is 36.6 cm³/mol. The van der Waals surface area contributed by atoms with Crippen molar-refractivity contribution >= 4 is 15.9 Å². The third kappa shape index (κ3) is 1.48. The lowest BCUT2D eigenvalue weighted by atomic mass is 10.3. The van der Waals surface area contributed by atoms with Crippen molar-refractivity contribution in [1.29, 1.82) is 0 Å². The summed E-state index contributed by atoms with van der Waals surface area (Å²) in [5.41, 5.74) is -0.550. The summed E-state index contributed by atoms with van der Waals surface area (Å²) < 4.78 is 48.1. The average Bonchev–Trinajstić information content (AvgIpc) is 1.97. The van der Waals surface area contributed by atoms with E-state index in [1.54, 1.807) is 0 Å². The second-order valence-corrected chi connectivity index (χ2v) is 2.12. The van der Waals surface area contributed by atoms with Crippen LogP contribution in [-0.4, -0.2) is 4.98 Å². The van der Waals surface area contributed by atoms with Crippen molar-refractivity contribution in [3.05, 3.63) is 28.2 Å². The maximum atomic E-state index is 12.8. The van der Waals surface area contributed by atoms with Crippen molar-refractivity contribution in [3.8, 4) is 0 Å². The van der Waals surface area contributed by atoms with E-state index < -0.39 is 30.6 Å². The zero-order valence-corrected chi connectivity index (χ0v) is 5.79. The van der Waals surface area contributed by atoms with Crippen LogP contribution >= 0.6 is 15.9 Å². The molecule has 1 heterocycles. The molecule has 0 fully saturated rings. The SMILES string of the molecule is [2H]c1nc(F)c(Br)c([2H])c1C([2H])([2H])[2H]. The van der Waals surface area contributed by atoms with Crippen molar-refractivity contribution in [2.24, 2.45) is 0 Å². The molecular formula is C6H5BrFN. The summed E-state index contributed by atoms with van der Waals surface area (Å²) in [5, 5.41) is 0. The molecule has 1 rings (SSSR count). The highest BCUT2D eigenvalue weighted by molar-refractivity contribution is 9.10. The molecule has 0 radical (unpaired) electrons. The van der Waals surface area contributed by atoms with Gasteiger partial charge in [0.2, 0.25) is 5.95 Å². The Labute approximate surface area is 68.1 Å². The second-order valence-electron chi connectivity index (χ2n) is 1.33. The Bertz CT molecular complexity index is 377.